The second-order valence-corrected chi connectivity index (χ2v) is 2.09. The molecule has 0 aromatic heterocycles. The average molecular weight is 126 g/mol. The highest BCUT2D eigenvalue weighted by atomic mass is 16.1. The first-order valence-electron chi connectivity index (χ1n) is 3.23. The van der Waals surface area contributed by atoms with Crippen molar-refractivity contribution >= 4 is 5.91 Å². The second-order valence-electron chi connectivity index (χ2n) is 2.09. The third-order valence-corrected chi connectivity index (χ3v) is 1.26. The molecule has 0 saturated carbocycles. The molecule has 1 aliphatic heterocycles. The lowest BCUT2D eigenvalue weighted by molar-refractivity contribution is -0.120. The highest BCUT2D eigenvalue weighted by Crippen LogP contribution is 1.89. The van der Waals surface area contributed by atoms with Crippen molar-refractivity contribution < 1.29 is 4.79 Å². The van der Waals surface area contributed by atoms with Gasteiger partial charge in [-0.25, -0.2) is 5.32 Å². The van der Waals surface area contributed by atoms with Crippen LogP contribution in [0, 0.1) is 0 Å². The molecule has 1 fully saturated rings. The lowest BCUT2D eigenvalue weighted by Gasteiger charge is -2.06. The molecule has 1 amide bonds. The van der Waals surface area contributed by atoms with Gasteiger partial charge in [0, 0.05) is 13.1 Å². The fourth-order valence-electron chi connectivity index (χ4n) is 0.764. The Morgan fingerprint density at radius 1 is 1.22 bits per heavy atom. The molecule has 1 aliphatic rings. The van der Waals surface area contributed by atoms with Gasteiger partial charge in [0.25, 0.3) is 5.91 Å². The van der Waals surface area contributed by atoms with Crippen LogP contribution in [0.1, 0.15) is 12.8 Å². The minimum atomic E-state index is -0.0605. The first-order chi connectivity index (χ1) is 4.39. The molecule has 0 bridgehead atoms. The first kappa shape index (κ1) is 6.55. The van der Waals surface area contributed by atoms with E-state index in [1.54, 1.807) is 0 Å². The van der Waals surface area contributed by atoms with E-state index in [-0.39, 0.29) is 5.91 Å². The molecule has 9 heavy (non-hydrogen) atoms. The van der Waals surface area contributed by atoms with Crippen molar-refractivity contribution in [1.29, 1.82) is 0 Å². The van der Waals surface area contributed by atoms with Crippen LogP contribution < -0.4 is 10.6 Å². The summed E-state index contributed by atoms with van der Waals surface area (Å²) in [5.74, 6) is -0.0605. The predicted molar refractivity (Wildman–Crippen MR) is 33.1 cm³/mol. The van der Waals surface area contributed by atoms with Gasteiger partial charge in [0.05, 0.1) is 6.54 Å². The number of amides is 1. The molecule has 0 N–H and O–H groups in total. The van der Waals surface area contributed by atoms with Gasteiger partial charge in [0.1, 0.15) is 0 Å². The Hall–Kier alpha value is -0.570. The van der Waals surface area contributed by atoms with E-state index < -0.39 is 0 Å². The third-order valence-electron chi connectivity index (χ3n) is 1.26. The summed E-state index contributed by atoms with van der Waals surface area (Å²) in [6, 6.07) is 0. The molecular formula is C6H10N2O. The van der Waals surface area contributed by atoms with Crippen LogP contribution in [0.5, 0.6) is 0 Å². The van der Waals surface area contributed by atoms with Gasteiger partial charge in [-0.3, -0.25) is 10.1 Å². The fraction of sp³-hybridized carbons (Fsp3) is 0.833. The number of hydrogen-bond donors (Lipinski definition) is 0. The molecule has 3 nitrogen and oxygen atoms in total. The maximum absolute atomic E-state index is 10.6. The number of nitrogens with zero attached hydrogens (tertiary/aromatic N) is 2. The van der Waals surface area contributed by atoms with Gasteiger partial charge in [0.15, 0.2) is 0 Å². The van der Waals surface area contributed by atoms with Crippen LogP contribution in [-0.4, -0.2) is 25.5 Å². The van der Waals surface area contributed by atoms with Gasteiger partial charge < -0.3 is 0 Å². The molecule has 0 aromatic rings. The van der Waals surface area contributed by atoms with Crippen molar-refractivity contribution in [2.75, 3.05) is 19.6 Å². The zero-order valence-electron chi connectivity index (χ0n) is 5.34. The smallest absolute Gasteiger partial charge is 0.256 e. The molecule has 50 valence electrons. The van der Waals surface area contributed by atoms with Crippen LogP contribution in [0.2, 0.25) is 0 Å². The number of rotatable bonds is 0. The molecule has 2 radical (unpaired) electrons. The van der Waals surface area contributed by atoms with Crippen LogP contribution in [0.4, 0.5) is 0 Å². The van der Waals surface area contributed by atoms with Gasteiger partial charge >= 0.3 is 0 Å². The van der Waals surface area contributed by atoms with E-state index in [1.165, 1.54) is 0 Å². The predicted octanol–water partition coefficient (Wildman–Crippen LogP) is -0.484. The van der Waals surface area contributed by atoms with E-state index in [9.17, 15) is 4.79 Å². The van der Waals surface area contributed by atoms with Crippen molar-refractivity contribution in [3.05, 3.63) is 0 Å². The zero-order chi connectivity index (χ0) is 6.53. The quantitative estimate of drug-likeness (QED) is 0.432. The van der Waals surface area contributed by atoms with Gasteiger partial charge in [-0.15, -0.1) is 0 Å². The number of hydrogen-bond acceptors (Lipinski definition) is 1. The monoisotopic (exact) mass is 126 g/mol. The first-order valence-corrected chi connectivity index (χ1v) is 3.23. The summed E-state index contributed by atoms with van der Waals surface area (Å²) in [5.41, 5.74) is 0. The summed E-state index contributed by atoms with van der Waals surface area (Å²) in [7, 11) is 0. The van der Waals surface area contributed by atoms with E-state index in [1.807, 2.05) is 0 Å². The summed E-state index contributed by atoms with van der Waals surface area (Å²) in [4.78, 5) is 10.6. The summed E-state index contributed by atoms with van der Waals surface area (Å²) in [6.07, 6.45) is 2.09. The summed E-state index contributed by atoms with van der Waals surface area (Å²) >= 11 is 0. The molecule has 0 aromatic carbocycles. The van der Waals surface area contributed by atoms with Crippen LogP contribution >= 0.6 is 0 Å². The highest BCUT2D eigenvalue weighted by molar-refractivity contribution is 5.77. The standard InChI is InChI=1S/C6H10N2O/c9-6-5-7-3-1-2-4-8-6/h1-5H2. The summed E-state index contributed by atoms with van der Waals surface area (Å²) in [5, 5.41) is 7.72. The molecule has 1 saturated heterocycles. The maximum Gasteiger partial charge on any atom is 0.256 e. The van der Waals surface area contributed by atoms with Crippen molar-refractivity contribution in [2.24, 2.45) is 0 Å². The molecule has 0 spiro atoms. The molecule has 0 atom stereocenters. The van der Waals surface area contributed by atoms with Crippen LogP contribution in [0.3, 0.4) is 0 Å². The van der Waals surface area contributed by atoms with Gasteiger partial charge in [-0.2, -0.15) is 0 Å². The molecular weight excluding hydrogens is 116 g/mol. The Kier molecular flexibility index (Phi) is 2.51. The molecule has 0 aliphatic carbocycles. The SMILES string of the molecule is O=C1C[N]CCCC[N]1. The molecule has 0 unspecified atom stereocenters. The third kappa shape index (κ3) is 2.46. The van der Waals surface area contributed by atoms with Crippen molar-refractivity contribution in [1.82, 2.24) is 10.6 Å². The zero-order valence-corrected chi connectivity index (χ0v) is 5.34. The highest BCUT2D eigenvalue weighted by Gasteiger charge is 2.04. The second kappa shape index (κ2) is 3.45. The van der Waals surface area contributed by atoms with Crippen LogP contribution in [0.15, 0.2) is 0 Å². The van der Waals surface area contributed by atoms with Crippen LogP contribution in [-0.2, 0) is 4.79 Å². The minimum Gasteiger partial charge on any atom is -0.271 e. The Bertz CT molecular complexity index is 93.2. The minimum absolute atomic E-state index is 0.0605. The topological polar surface area (TPSA) is 45.3 Å². The van der Waals surface area contributed by atoms with Gasteiger partial charge in [-0.1, -0.05) is 0 Å². The largest absolute Gasteiger partial charge is 0.271 e. The van der Waals surface area contributed by atoms with E-state index in [4.69, 9.17) is 0 Å². The number of carbonyl (C=O) groups is 1. The van der Waals surface area contributed by atoms with Crippen molar-refractivity contribution in [3.8, 4) is 0 Å². The van der Waals surface area contributed by atoms with E-state index in [0.29, 0.717) is 13.1 Å². The fourth-order valence-corrected chi connectivity index (χ4v) is 0.764. The lowest BCUT2D eigenvalue weighted by Crippen LogP contribution is -2.29. The number of carbonyl (C=O) groups excluding carboxylic acids is 1. The molecule has 1 heterocycles. The van der Waals surface area contributed by atoms with E-state index in [2.05, 4.69) is 10.6 Å². The van der Waals surface area contributed by atoms with E-state index in [0.717, 1.165) is 19.4 Å². The maximum atomic E-state index is 10.6. The average Bonchev–Trinajstić information content (AvgIpc) is 1.79. The van der Waals surface area contributed by atoms with Crippen molar-refractivity contribution in [3.63, 3.8) is 0 Å². The van der Waals surface area contributed by atoms with Crippen molar-refractivity contribution in [2.45, 2.75) is 12.8 Å². The lowest BCUT2D eigenvalue weighted by atomic mass is 10.3. The Morgan fingerprint density at radius 3 is 2.89 bits per heavy atom. The van der Waals surface area contributed by atoms with Crippen LogP contribution in [0.25, 0.3) is 0 Å². The Morgan fingerprint density at radius 2 is 2.00 bits per heavy atom. The van der Waals surface area contributed by atoms with E-state index >= 15 is 0 Å². The molecule has 1 rings (SSSR count). The Balaban J connectivity index is 2.20. The molecule has 3 heteroatoms. The Labute approximate surface area is 54.8 Å². The van der Waals surface area contributed by atoms with Gasteiger partial charge in [0.2, 0.25) is 0 Å². The summed E-state index contributed by atoms with van der Waals surface area (Å²) in [6.45, 7) is 1.84. The summed E-state index contributed by atoms with van der Waals surface area (Å²) < 4.78 is 0. The van der Waals surface area contributed by atoms with Gasteiger partial charge in [-0.05, 0) is 12.8 Å². The normalized spacial score (nSPS) is 22.0.